The number of aryl methyl sites for hydroxylation is 1. The van der Waals surface area contributed by atoms with E-state index in [1.54, 1.807) is 12.1 Å². The highest BCUT2D eigenvalue weighted by atomic mass is 35.5. The summed E-state index contributed by atoms with van der Waals surface area (Å²) in [5.74, 6) is 0.325. The average molecular weight is 295 g/mol. The van der Waals surface area contributed by atoms with Gasteiger partial charge in [-0.3, -0.25) is 0 Å². The Kier molecular flexibility index (Phi) is 4.73. The van der Waals surface area contributed by atoms with Crippen molar-refractivity contribution in [1.82, 2.24) is 0 Å². The standard InChI is InChI=1S/C16H16Cl2O/c1-2-3-11-5-7-16(19)13(8-11)9-12-4-6-14(17)15(18)10-12/h4-8,10,19H,2-3,9H2,1H3. The van der Waals surface area contributed by atoms with E-state index in [4.69, 9.17) is 23.2 Å². The second-order valence-electron chi connectivity index (χ2n) is 4.64. The zero-order chi connectivity index (χ0) is 13.8. The Morgan fingerprint density at radius 3 is 2.37 bits per heavy atom. The van der Waals surface area contributed by atoms with Gasteiger partial charge in [-0.2, -0.15) is 0 Å². The normalized spacial score (nSPS) is 10.7. The van der Waals surface area contributed by atoms with Crippen LogP contribution < -0.4 is 0 Å². The number of hydrogen-bond donors (Lipinski definition) is 1. The van der Waals surface area contributed by atoms with Gasteiger partial charge < -0.3 is 5.11 Å². The van der Waals surface area contributed by atoms with Gasteiger partial charge >= 0.3 is 0 Å². The molecule has 0 unspecified atom stereocenters. The molecule has 0 bridgehead atoms. The monoisotopic (exact) mass is 294 g/mol. The zero-order valence-electron chi connectivity index (χ0n) is 10.8. The molecule has 0 amide bonds. The van der Waals surface area contributed by atoms with Crippen molar-refractivity contribution < 1.29 is 5.11 Å². The Bertz CT molecular complexity index is 579. The van der Waals surface area contributed by atoms with Crippen molar-refractivity contribution in [3.63, 3.8) is 0 Å². The molecule has 1 nitrogen and oxygen atoms in total. The molecule has 0 atom stereocenters. The number of aromatic hydroxyl groups is 1. The molecule has 0 saturated heterocycles. The van der Waals surface area contributed by atoms with Gasteiger partial charge in [-0.15, -0.1) is 0 Å². The number of hydrogen-bond acceptors (Lipinski definition) is 1. The highest BCUT2D eigenvalue weighted by Gasteiger charge is 2.06. The summed E-state index contributed by atoms with van der Waals surface area (Å²) in [5.41, 5.74) is 3.21. The number of rotatable bonds is 4. The third-order valence-corrected chi connectivity index (χ3v) is 3.80. The first-order valence-corrected chi connectivity index (χ1v) is 7.10. The fourth-order valence-corrected chi connectivity index (χ4v) is 2.41. The second-order valence-corrected chi connectivity index (χ2v) is 5.45. The van der Waals surface area contributed by atoms with Gasteiger partial charge in [-0.05, 0) is 41.3 Å². The van der Waals surface area contributed by atoms with Crippen molar-refractivity contribution in [2.45, 2.75) is 26.2 Å². The van der Waals surface area contributed by atoms with Crippen LogP contribution in [0.2, 0.25) is 10.0 Å². The maximum atomic E-state index is 9.93. The van der Waals surface area contributed by atoms with E-state index in [0.29, 0.717) is 22.2 Å². The van der Waals surface area contributed by atoms with Crippen molar-refractivity contribution in [1.29, 1.82) is 0 Å². The van der Waals surface area contributed by atoms with Crippen molar-refractivity contribution in [3.8, 4) is 5.75 Å². The predicted molar refractivity (Wildman–Crippen MR) is 81.4 cm³/mol. The van der Waals surface area contributed by atoms with E-state index in [1.165, 1.54) is 5.56 Å². The van der Waals surface area contributed by atoms with Gasteiger partial charge in [0.05, 0.1) is 10.0 Å². The molecule has 100 valence electrons. The molecule has 2 rings (SSSR count). The average Bonchev–Trinajstić information content (AvgIpc) is 2.38. The molecular weight excluding hydrogens is 279 g/mol. The molecule has 2 aromatic rings. The third-order valence-electron chi connectivity index (χ3n) is 3.06. The largest absolute Gasteiger partial charge is 0.508 e. The Balaban J connectivity index is 2.26. The first-order valence-electron chi connectivity index (χ1n) is 6.35. The van der Waals surface area contributed by atoms with Crippen LogP contribution in [0.5, 0.6) is 5.75 Å². The van der Waals surface area contributed by atoms with Crippen LogP contribution in [-0.4, -0.2) is 5.11 Å². The fourth-order valence-electron chi connectivity index (χ4n) is 2.09. The van der Waals surface area contributed by atoms with Crippen LogP contribution in [-0.2, 0) is 12.8 Å². The summed E-state index contributed by atoms with van der Waals surface area (Å²) in [4.78, 5) is 0. The van der Waals surface area contributed by atoms with Crippen molar-refractivity contribution >= 4 is 23.2 Å². The van der Waals surface area contributed by atoms with Crippen molar-refractivity contribution in [2.75, 3.05) is 0 Å². The molecule has 0 saturated carbocycles. The first-order chi connectivity index (χ1) is 9.10. The Morgan fingerprint density at radius 2 is 1.68 bits per heavy atom. The lowest BCUT2D eigenvalue weighted by Gasteiger charge is -2.08. The summed E-state index contributed by atoms with van der Waals surface area (Å²) in [5, 5.41) is 11.0. The highest BCUT2D eigenvalue weighted by molar-refractivity contribution is 6.42. The quantitative estimate of drug-likeness (QED) is 0.817. The number of benzene rings is 2. The summed E-state index contributed by atoms with van der Waals surface area (Å²) >= 11 is 11.9. The fraction of sp³-hybridized carbons (Fsp3) is 0.250. The van der Waals surface area contributed by atoms with Crippen LogP contribution in [0.15, 0.2) is 36.4 Å². The summed E-state index contributed by atoms with van der Waals surface area (Å²) in [6.45, 7) is 2.14. The van der Waals surface area contributed by atoms with E-state index in [0.717, 1.165) is 24.0 Å². The third kappa shape index (κ3) is 3.65. The van der Waals surface area contributed by atoms with E-state index in [2.05, 4.69) is 13.0 Å². The van der Waals surface area contributed by atoms with E-state index in [1.807, 2.05) is 18.2 Å². The Hall–Kier alpha value is -1.18. The van der Waals surface area contributed by atoms with E-state index in [-0.39, 0.29) is 0 Å². The van der Waals surface area contributed by atoms with Crippen LogP contribution in [0.1, 0.15) is 30.0 Å². The van der Waals surface area contributed by atoms with Gasteiger partial charge in [0, 0.05) is 6.42 Å². The molecule has 2 aromatic carbocycles. The first kappa shape index (κ1) is 14.2. The molecule has 3 heteroatoms. The van der Waals surface area contributed by atoms with E-state index >= 15 is 0 Å². The van der Waals surface area contributed by atoms with Crippen molar-refractivity contribution in [2.24, 2.45) is 0 Å². The minimum atomic E-state index is 0.325. The summed E-state index contributed by atoms with van der Waals surface area (Å²) in [6, 6.07) is 11.3. The number of phenols is 1. The van der Waals surface area contributed by atoms with Crippen LogP contribution in [0.3, 0.4) is 0 Å². The van der Waals surface area contributed by atoms with Crippen LogP contribution in [0.4, 0.5) is 0 Å². The predicted octanol–water partition coefficient (Wildman–Crippen LogP) is 5.24. The van der Waals surface area contributed by atoms with Crippen LogP contribution in [0.25, 0.3) is 0 Å². The minimum Gasteiger partial charge on any atom is -0.508 e. The van der Waals surface area contributed by atoms with E-state index < -0.39 is 0 Å². The second kappa shape index (κ2) is 6.31. The zero-order valence-corrected chi connectivity index (χ0v) is 12.3. The number of halogens is 2. The molecule has 0 aliphatic rings. The van der Waals surface area contributed by atoms with Crippen molar-refractivity contribution in [3.05, 3.63) is 63.1 Å². The summed E-state index contributed by atoms with van der Waals surface area (Å²) in [7, 11) is 0. The lowest BCUT2D eigenvalue weighted by atomic mass is 10.00. The molecule has 0 aliphatic carbocycles. The van der Waals surface area contributed by atoms with Crippen LogP contribution >= 0.6 is 23.2 Å². The topological polar surface area (TPSA) is 20.2 Å². The number of phenolic OH excluding ortho intramolecular Hbond substituents is 1. The maximum absolute atomic E-state index is 9.93. The Morgan fingerprint density at radius 1 is 0.947 bits per heavy atom. The Labute approximate surface area is 123 Å². The highest BCUT2D eigenvalue weighted by Crippen LogP contribution is 2.27. The molecule has 0 fully saturated rings. The molecule has 19 heavy (non-hydrogen) atoms. The summed E-state index contributed by atoms with van der Waals surface area (Å²) < 4.78 is 0. The van der Waals surface area contributed by atoms with Gasteiger partial charge in [0.1, 0.15) is 5.75 Å². The summed E-state index contributed by atoms with van der Waals surface area (Å²) in [6.07, 6.45) is 2.77. The minimum absolute atomic E-state index is 0.325. The van der Waals surface area contributed by atoms with Gasteiger partial charge in [-0.1, -0.05) is 54.7 Å². The van der Waals surface area contributed by atoms with E-state index in [9.17, 15) is 5.11 Å². The van der Waals surface area contributed by atoms with Gasteiger partial charge in [0.25, 0.3) is 0 Å². The maximum Gasteiger partial charge on any atom is 0.119 e. The lowest BCUT2D eigenvalue weighted by Crippen LogP contribution is -1.92. The van der Waals surface area contributed by atoms with Gasteiger partial charge in [0.15, 0.2) is 0 Å². The molecule has 0 aliphatic heterocycles. The van der Waals surface area contributed by atoms with Gasteiger partial charge in [-0.25, -0.2) is 0 Å². The molecule has 0 radical (unpaired) electrons. The lowest BCUT2D eigenvalue weighted by molar-refractivity contribution is 0.469. The van der Waals surface area contributed by atoms with Crippen LogP contribution in [0, 0.1) is 0 Å². The molecule has 0 aromatic heterocycles. The van der Waals surface area contributed by atoms with Gasteiger partial charge in [0.2, 0.25) is 0 Å². The molecule has 0 spiro atoms. The SMILES string of the molecule is CCCc1ccc(O)c(Cc2ccc(Cl)c(Cl)c2)c1. The molecular formula is C16H16Cl2O. The molecule has 0 heterocycles. The molecule has 1 N–H and O–H groups in total. The smallest absolute Gasteiger partial charge is 0.119 e.